The molecule has 0 atom stereocenters. The maximum atomic E-state index is 11.5. The average molecular weight is 300 g/mol. The molecule has 0 spiro atoms. The van der Waals surface area contributed by atoms with Crippen LogP contribution in [0.1, 0.15) is 12.5 Å². The molecule has 0 unspecified atom stereocenters. The zero-order valence-electron chi connectivity index (χ0n) is 11.7. The van der Waals surface area contributed by atoms with Crippen LogP contribution in [0.15, 0.2) is 42.6 Å². The fourth-order valence-electron chi connectivity index (χ4n) is 2.30. The molecule has 106 valence electrons. The van der Waals surface area contributed by atoms with E-state index in [4.69, 9.17) is 11.6 Å². The van der Waals surface area contributed by atoms with Crippen molar-refractivity contribution in [2.24, 2.45) is 0 Å². The van der Waals surface area contributed by atoms with Gasteiger partial charge in [0.05, 0.1) is 0 Å². The molecule has 1 N–H and O–H groups in total. The van der Waals surface area contributed by atoms with Crippen LogP contribution in [-0.2, 0) is 4.79 Å². The summed E-state index contributed by atoms with van der Waals surface area (Å²) in [7, 11) is 0. The molecule has 0 aliphatic rings. The van der Waals surface area contributed by atoms with Gasteiger partial charge in [0, 0.05) is 23.7 Å². The lowest BCUT2D eigenvalue weighted by Crippen LogP contribution is -2.09. The van der Waals surface area contributed by atoms with Crippen molar-refractivity contribution in [1.29, 1.82) is 0 Å². The highest BCUT2D eigenvalue weighted by atomic mass is 35.5. The number of aryl methyl sites for hydroxylation is 1. The lowest BCUT2D eigenvalue weighted by Gasteiger charge is -2.06. The van der Waals surface area contributed by atoms with E-state index >= 15 is 0 Å². The van der Waals surface area contributed by atoms with Crippen molar-refractivity contribution in [1.82, 2.24) is 9.38 Å². The van der Waals surface area contributed by atoms with Gasteiger partial charge in [-0.1, -0.05) is 29.8 Å². The molecular weight excluding hydrogens is 286 g/mol. The number of hydrogen-bond acceptors (Lipinski definition) is 2. The first kappa shape index (κ1) is 13.6. The Bertz CT molecular complexity index is 821. The van der Waals surface area contributed by atoms with E-state index in [0.717, 1.165) is 22.5 Å². The van der Waals surface area contributed by atoms with Crippen molar-refractivity contribution >= 4 is 29.0 Å². The van der Waals surface area contributed by atoms with Crippen molar-refractivity contribution in [3.63, 3.8) is 0 Å². The molecule has 0 aliphatic heterocycles. The SMILES string of the molecule is CC(=O)Nc1c(-c2ccc(Cl)cc2)nc2c(C)cccn12. The summed E-state index contributed by atoms with van der Waals surface area (Å²) in [5, 5.41) is 3.53. The van der Waals surface area contributed by atoms with Gasteiger partial charge in [0.1, 0.15) is 17.2 Å². The van der Waals surface area contributed by atoms with Gasteiger partial charge in [-0.05, 0) is 30.7 Å². The topological polar surface area (TPSA) is 46.4 Å². The maximum absolute atomic E-state index is 11.5. The van der Waals surface area contributed by atoms with Crippen molar-refractivity contribution in [3.05, 3.63) is 53.2 Å². The predicted molar refractivity (Wildman–Crippen MR) is 84.7 cm³/mol. The van der Waals surface area contributed by atoms with Crippen molar-refractivity contribution in [3.8, 4) is 11.3 Å². The van der Waals surface area contributed by atoms with Crippen molar-refractivity contribution < 1.29 is 4.79 Å². The number of carbonyl (C=O) groups excluding carboxylic acids is 1. The Hall–Kier alpha value is -2.33. The third-order valence-electron chi connectivity index (χ3n) is 3.26. The number of imidazole rings is 1. The van der Waals surface area contributed by atoms with Crippen LogP contribution in [0.4, 0.5) is 5.82 Å². The Balaban J connectivity index is 2.27. The molecule has 1 aromatic carbocycles. The number of rotatable bonds is 2. The quantitative estimate of drug-likeness (QED) is 0.779. The lowest BCUT2D eigenvalue weighted by molar-refractivity contribution is -0.114. The number of amides is 1. The van der Waals surface area contributed by atoms with E-state index in [1.807, 2.05) is 53.9 Å². The van der Waals surface area contributed by atoms with E-state index in [0.29, 0.717) is 10.8 Å². The van der Waals surface area contributed by atoms with Gasteiger partial charge < -0.3 is 5.32 Å². The van der Waals surface area contributed by atoms with Gasteiger partial charge in [0.2, 0.25) is 5.91 Å². The summed E-state index contributed by atoms with van der Waals surface area (Å²) in [5.74, 6) is 0.539. The molecule has 0 bridgehead atoms. The second-order valence-corrected chi connectivity index (χ2v) is 5.32. The first-order valence-corrected chi connectivity index (χ1v) is 6.95. The number of anilines is 1. The minimum atomic E-state index is -0.131. The second kappa shape index (κ2) is 5.22. The monoisotopic (exact) mass is 299 g/mol. The number of hydrogen-bond donors (Lipinski definition) is 1. The second-order valence-electron chi connectivity index (χ2n) is 4.88. The Morgan fingerprint density at radius 1 is 1.24 bits per heavy atom. The predicted octanol–water partition coefficient (Wildman–Crippen LogP) is 3.92. The summed E-state index contributed by atoms with van der Waals surface area (Å²) >= 11 is 5.93. The van der Waals surface area contributed by atoms with E-state index in [1.165, 1.54) is 6.92 Å². The summed E-state index contributed by atoms with van der Waals surface area (Å²) in [6, 6.07) is 11.3. The molecule has 2 aromatic heterocycles. The maximum Gasteiger partial charge on any atom is 0.222 e. The summed E-state index contributed by atoms with van der Waals surface area (Å²) in [6.07, 6.45) is 1.89. The third kappa shape index (κ3) is 2.50. The fourth-order valence-corrected chi connectivity index (χ4v) is 2.43. The fraction of sp³-hybridized carbons (Fsp3) is 0.125. The standard InChI is InChI=1S/C16H14ClN3O/c1-10-4-3-9-20-15(10)19-14(16(20)18-11(2)21)12-5-7-13(17)8-6-12/h3-9H,1-2H3,(H,18,21). The van der Waals surface area contributed by atoms with Crippen LogP contribution in [0.5, 0.6) is 0 Å². The molecular formula is C16H14ClN3O. The zero-order chi connectivity index (χ0) is 15.0. The first-order chi connectivity index (χ1) is 10.1. The number of halogens is 1. The normalized spacial score (nSPS) is 10.8. The van der Waals surface area contributed by atoms with Crippen LogP contribution in [0.2, 0.25) is 5.02 Å². The van der Waals surface area contributed by atoms with Gasteiger partial charge in [-0.2, -0.15) is 0 Å². The Labute approximate surface area is 127 Å². The molecule has 5 heteroatoms. The highest BCUT2D eigenvalue weighted by Crippen LogP contribution is 2.30. The van der Waals surface area contributed by atoms with Crippen LogP contribution in [0.3, 0.4) is 0 Å². The van der Waals surface area contributed by atoms with Gasteiger partial charge in [0.25, 0.3) is 0 Å². The van der Waals surface area contributed by atoms with Crippen molar-refractivity contribution in [2.75, 3.05) is 5.32 Å². The van der Waals surface area contributed by atoms with Crippen LogP contribution in [-0.4, -0.2) is 15.3 Å². The first-order valence-electron chi connectivity index (χ1n) is 6.57. The number of aromatic nitrogens is 2. The number of fused-ring (bicyclic) bond motifs is 1. The highest BCUT2D eigenvalue weighted by molar-refractivity contribution is 6.30. The Morgan fingerprint density at radius 2 is 1.95 bits per heavy atom. The van der Waals surface area contributed by atoms with E-state index in [9.17, 15) is 4.79 Å². The summed E-state index contributed by atoms with van der Waals surface area (Å²) in [6.45, 7) is 3.48. The highest BCUT2D eigenvalue weighted by Gasteiger charge is 2.16. The van der Waals surface area contributed by atoms with Crippen LogP contribution in [0.25, 0.3) is 16.9 Å². The van der Waals surface area contributed by atoms with Crippen LogP contribution < -0.4 is 5.32 Å². The van der Waals surface area contributed by atoms with Gasteiger partial charge in [-0.25, -0.2) is 4.98 Å². The van der Waals surface area contributed by atoms with E-state index in [2.05, 4.69) is 10.3 Å². The zero-order valence-corrected chi connectivity index (χ0v) is 12.5. The number of pyridine rings is 1. The molecule has 3 rings (SSSR count). The summed E-state index contributed by atoms with van der Waals surface area (Å²) in [4.78, 5) is 16.2. The van der Waals surface area contributed by atoms with Crippen molar-refractivity contribution in [2.45, 2.75) is 13.8 Å². The van der Waals surface area contributed by atoms with Gasteiger partial charge >= 0.3 is 0 Å². The Morgan fingerprint density at radius 3 is 2.62 bits per heavy atom. The molecule has 0 aliphatic carbocycles. The number of nitrogens with zero attached hydrogens (tertiary/aromatic N) is 2. The molecule has 1 amide bonds. The van der Waals surface area contributed by atoms with Gasteiger partial charge in [-0.15, -0.1) is 0 Å². The van der Waals surface area contributed by atoms with Crippen LogP contribution >= 0.6 is 11.6 Å². The average Bonchev–Trinajstić information content (AvgIpc) is 2.80. The number of benzene rings is 1. The minimum absolute atomic E-state index is 0.131. The molecule has 3 aromatic rings. The Kier molecular flexibility index (Phi) is 3.39. The molecule has 2 heterocycles. The molecule has 4 nitrogen and oxygen atoms in total. The molecule has 0 saturated carbocycles. The lowest BCUT2D eigenvalue weighted by atomic mass is 10.1. The number of carbonyl (C=O) groups is 1. The smallest absolute Gasteiger partial charge is 0.222 e. The minimum Gasteiger partial charge on any atom is -0.310 e. The third-order valence-corrected chi connectivity index (χ3v) is 3.51. The molecule has 0 fully saturated rings. The summed E-state index contributed by atoms with van der Waals surface area (Å²) in [5.41, 5.74) is 3.51. The van der Waals surface area contributed by atoms with Gasteiger partial charge in [-0.3, -0.25) is 9.20 Å². The van der Waals surface area contributed by atoms with Gasteiger partial charge in [0.15, 0.2) is 0 Å². The largest absolute Gasteiger partial charge is 0.310 e. The molecule has 0 saturated heterocycles. The van der Waals surface area contributed by atoms with E-state index in [1.54, 1.807) is 0 Å². The van der Waals surface area contributed by atoms with E-state index < -0.39 is 0 Å². The van der Waals surface area contributed by atoms with E-state index in [-0.39, 0.29) is 5.91 Å². The number of nitrogens with one attached hydrogen (secondary N) is 1. The summed E-state index contributed by atoms with van der Waals surface area (Å²) < 4.78 is 1.89. The molecule has 21 heavy (non-hydrogen) atoms. The molecule has 0 radical (unpaired) electrons. The van der Waals surface area contributed by atoms with Crippen LogP contribution in [0, 0.1) is 6.92 Å².